The molecule has 0 unspecified atom stereocenters. The van der Waals surface area contributed by atoms with Crippen LogP contribution in [0.1, 0.15) is 49.7 Å². The highest BCUT2D eigenvalue weighted by Crippen LogP contribution is 2.31. The summed E-state index contributed by atoms with van der Waals surface area (Å²) in [4.78, 5) is 16.9. The molecule has 2 heterocycles. The van der Waals surface area contributed by atoms with Gasteiger partial charge in [0.2, 0.25) is 5.91 Å². The lowest BCUT2D eigenvalue weighted by Crippen LogP contribution is -2.48. The summed E-state index contributed by atoms with van der Waals surface area (Å²) in [5, 5.41) is 8.88. The zero-order valence-electron chi connectivity index (χ0n) is 16.7. The van der Waals surface area contributed by atoms with E-state index in [-0.39, 0.29) is 18.3 Å². The van der Waals surface area contributed by atoms with Crippen LogP contribution in [-0.4, -0.2) is 55.1 Å². The Morgan fingerprint density at radius 2 is 2.00 bits per heavy atom. The third kappa shape index (κ3) is 5.09. The standard InChI is InChI=1S/C22H30FN3O2/c1-28-16-22(27)26-10-4-2-3-5-21(26)18-8-11-25(12-9-18)15-19-7-6-17(14-24)13-20(19)23/h6-7,13,18,21H,2-5,8-12,15-16H2,1H3/t21-/m0/s1. The molecule has 2 fully saturated rings. The third-order valence-corrected chi connectivity index (χ3v) is 6.14. The van der Waals surface area contributed by atoms with Gasteiger partial charge in [-0.1, -0.05) is 18.9 Å². The Balaban J connectivity index is 1.59. The summed E-state index contributed by atoms with van der Waals surface area (Å²) >= 11 is 0. The van der Waals surface area contributed by atoms with Crippen molar-refractivity contribution in [3.8, 4) is 6.07 Å². The number of hydrogen-bond acceptors (Lipinski definition) is 4. The van der Waals surface area contributed by atoms with Gasteiger partial charge in [-0.15, -0.1) is 0 Å². The first-order valence-electron chi connectivity index (χ1n) is 10.3. The lowest BCUT2D eigenvalue weighted by molar-refractivity contribution is -0.139. The Morgan fingerprint density at radius 3 is 2.68 bits per heavy atom. The number of ether oxygens (including phenoxy) is 1. The van der Waals surface area contributed by atoms with E-state index in [4.69, 9.17) is 10.00 Å². The Kier molecular flexibility index (Phi) is 7.41. The van der Waals surface area contributed by atoms with Crippen molar-refractivity contribution in [1.82, 2.24) is 9.80 Å². The highest BCUT2D eigenvalue weighted by atomic mass is 19.1. The number of carbonyl (C=O) groups is 1. The first-order valence-corrected chi connectivity index (χ1v) is 10.3. The van der Waals surface area contributed by atoms with E-state index in [9.17, 15) is 9.18 Å². The van der Waals surface area contributed by atoms with Gasteiger partial charge >= 0.3 is 0 Å². The minimum atomic E-state index is -0.304. The van der Waals surface area contributed by atoms with Crippen molar-refractivity contribution in [2.45, 2.75) is 51.1 Å². The summed E-state index contributed by atoms with van der Waals surface area (Å²) in [6, 6.07) is 6.99. The average Bonchev–Trinajstić information content (AvgIpc) is 2.96. The van der Waals surface area contributed by atoms with Gasteiger partial charge < -0.3 is 9.64 Å². The van der Waals surface area contributed by atoms with Crippen LogP contribution in [0.15, 0.2) is 18.2 Å². The minimum Gasteiger partial charge on any atom is -0.375 e. The van der Waals surface area contributed by atoms with Crippen molar-refractivity contribution in [1.29, 1.82) is 5.26 Å². The van der Waals surface area contributed by atoms with Crippen LogP contribution >= 0.6 is 0 Å². The van der Waals surface area contributed by atoms with Crippen molar-refractivity contribution in [2.24, 2.45) is 5.92 Å². The van der Waals surface area contributed by atoms with Gasteiger partial charge in [-0.3, -0.25) is 9.69 Å². The van der Waals surface area contributed by atoms with E-state index >= 15 is 0 Å². The summed E-state index contributed by atoms with van der Waals surface area (Å²) in [6.45, 7) is 3.39. The zero-order chi connectivity index (χ0) is 19.9. The summed E-state index contributed by atoms with van der Waals surface area (Å²) in [5.41, 5.74) is 0.998. The molecule has 28 heavy (non-hydrogen) atoms. The van der Waals surface area contributed by atoms with Crippen LogP contribution in [0, 0.1) is 23.1 Å². The van der Waals surface area contributed by atoms with Crippen LogP contribution in [0.5, 0.6) is 0 Å². The molecule has 3 rings (SSSR count). The number of nitriles is 1. The molecular weight excluding hydrogens is 357 g/mol. The lowest BCUT2D eigenvalue weighted by atomic mass is 9.86. The van der Waals surface area contributed by atoms with E-state index < -0.39 is 0 Å². The number of likely N-dealkylation sites (tertiary alicyclic amines) is 2. The fourth-order valence-electron chi connectivity index (χ4n) is 4.62. The molecule has 0 bridgehead atoms. The predicted molar refractivity (Wildman–Crippen MR) is 105 cm³/mol. The summed E-state index contributed by atoms with van der Waals surface area (Å²) < 4.78 is 19.3. The molecule has 0 radical (unpaired) electrons. The highest BCUT2D eigenvalue weighted by molar-refractivity contribution is 5.77. The van der Waals surface area contributed by atoms with Gasteiger partial charge in [-0.2, -0.15) is 5.26 Å². The molecule has 1 atom stereocenters. The molecule has 6 heteroatoms. The maximum atomic E-state index is 14.2. The van der Waals surface area contributed by atoms with Crippen molar-refractivity contribution < 1.29 is 13.9 Å². The zero-order valence-corrected chi connectivity index (χ0v) is 16.7. The normalized spacial score (nSPS) is 21.9. The first kappa shape index (κ1) is 20.8. The van der Waals surface area contributed by atoms with Gasteiger partial charge in [0.15, 0.2) is 0 Å². The monoisotopic (exact) mass is 387 g/mol. The number of hydrogen-bond donors (Lipinski definition) is 0. The second-order valence-electron chi connectivity index (χ2n) is 7.97. The number of amides is 1. The predicted octanol–water partition coefficient (Wildman–Crippen LogP) is 3.33. The Hall–Kier alpha value is -1.97. The van der Waals surface area contributed by atoms with E-state index in [1.807, 2.05) is 6.07 Å². The molecule has 2 saturated heterocycles. The molecule has 0 saturated carbocycles. The Bertz CT molecular complexity index is 710. The van der Waals surface area contributed by atoms with E-state index in [1.165, 1.54) is 18.9 Å². The van der Waals surface area contributed by atoms with Crippen LogP contribution in [0.4, 0.5) is 4.39 Å². The Morgan fingerprint density at radius 1 is 1.21 bits per heavy atom. The van der Waals surface area contributed by atoms with E-state index in [1.54, 1.807) is 19.2 Å². The van der Waals surface area contributed by atoms with Crippen molar-refractivity contribution in [2.75, 3.05) is 33.4 Å². The molecule has 1 amide bonds. The number of methoxy groups -OCH3 is 1. The lowest BCUT2D eigenvalue weighted by Gasteiger charge is -2.40. The van der Waals surface area contributed by atoms with Crippen LogP contribution in [0.25, 0.3) is 0 Å². The van der Waals surface area contributed by atoms with Gasteiger partial charge in [0.05, 0.1) is 11.6 Å². The van der Waals surface area contributed by atoms with Gasteiger partial charge in [0.1, 0.15) is 12.4 Å². The van der Waals surface area contributed by atoms with E-state index in [2.05, 4.69) is 9.80 Å². The molecule has 2 aliphatic heterocycles. The molecule has 5 nitrogen and oxygen atoms in total. The van der Waals surface area contributed by atoms with Gasteiger partial charge in [-0.05, 0) is 56.8 Å². The second kappa shape index (κ2) is 9.99. The number of nitrogens with zero attached hydrogens (tertiary/aromatic N) is 3. The second-order valence-corrected chi connectivity index (χ2v) is 7.97. The van der Waals surface area contributed by atoms with E-state index in [0.717, 1.165) is 45.3 Å². The molecule has 0 N–H and O–H groups in total. The van der Waals surface area contributed by atoms with Crippen molar-refractivity contribution >= 4 is 5.91 Å². The van der Waals surface area contributed by atoms with Gasteiger partial charge in [0, 0.05) is 31.8 Å². The number of rotatable bonds is 5. The maximum Gasteiger partial charge on any atom is 0.248 e. The van der Waals surface area contributed by atoms with Crippen LogP contribution in [0.2, 0.25) is 0 Å². The molecule has 0 aromatic heterocycles. The summed E-state index contributed by atoms with van der Waals surface area (Å²) in [6.07, 6.45) is 6.56. The highest BCUT2D eigenvalue weighted by Gasteiger charge is 2.33. The third-order valence-electron chi connectivity index (χ3n) is 6.14. The average molecular weight is 387 g/mol. The van der Waals surface area contributed by atoms with Crippen LogP contribution in [-0.2, 0) is 16.1 Å². The molecular formula is C22H30FN3O2. The van der Waals surface area contributed by atoms with E-state index in [0.29, 0.717) is 29.6 Å². The first-order chi connectivity index (χ1) is 13.6. The van der Waals surface area contributed by atoms with Gasteiger partial charge in [0.25, 0.3) is 0 Å². The van der Waals surface area contributed by atoms with Crippen LogP contribution in [0.3, 0.4) is 0 Å². The molecule has 1 aromatic carbocycles. The molecule has 1 aromatic rings. The fraction of sp³-hybridized carbons (Fsp3) is 0.636. The quantitative estimate of drug-likeness (QED) is 0.778. The topological polar surface area (TPSA) is 56.6 Å². The SMILES string of the molecule is COCC(=O)N1CCCCC[C@H]1C1CCN(Cc2ccc(C#N)cc2F)CC1. The largest absolute Gasteiger partial charge is 0.375 e. The molecule has 2 aliphatic rings. The Labute approximate surface area is 167 Å². The molecule has 0 spiro atoms. The maximum absolute atomic E-state index is 14.2. The van der Waals surface area contributed by atoms with Crippen molar-refractivity contribution in [3.05, 3.63) is 35.1 Å². The number of halogens is 1. The molecule has 0 aliphatic carbocycles. The summed E-state index contributed by atoms with van der Waals surface area (Å²) in [7, 11) is 1.57. The number of carbonyl (C=O) groups excluding carboxylic acids is 1. The number of benzene rings is 1. The van der Waals surface area contributed by atoms with Crippen molar-refractivity contribution in [3.63, 3.8) is 0 Å². The fourth-order valence-corrected chi connectivity index (χ4v) is 4.62. The molecule has 152 valence electrons. The summed E-state index contributed by atoms with van der Waals surface area (Å²) in [5.74, 6) is 0.304. The van der Waals surface area contributed by atoms with Crippen LogP contribution < -0.4 is 0 Å². The van der Waals surface area contributed by atoms with Gasteiger partial charge in [-0.25, -0.2) is 4.39 Å². The number of piperidine rings is 1. The minimum absolute atomic E-state index is 0.108. The smallest absolute Gasteiger partial charge is 0.248 e.